The molecule has 0 aliphatic carbocycles. The Labute approximate surface area is 372 Å². The average Bonchev–Trinajstić information content (AvgIpc) is 3.76. The van der Waals surface area contributed by atoms with Gasteiger partial charge in [-0.15, -0.1) is 5.10 Å². The predicted molar refractivity (Wildman–Crippen MR) is 231 cm³/mol. The van der Waals surface area contributed by atoms with Crippen molar-refractivity contribution in [1.29, 1.82) is 0 Å². The Kier molecular flexibility index (Phi) is 35.7. The minimum absolute atomic E-state index is 0.0231. The molecule has 61 heavy (non-hydrogen) atoms. The van der Waals surface area contributed by atoms with Crippen LogP contribution in [0.25, 0.3) is 0 Å². The number of hydrogen-bond donors (Lipinski definition) is 8. The van der Waals surface area contributed by atoms with Gasteiger partial charge in [-0.05, 0) is 49.0 Å². The number of hydrogen-bond acceptors (Lipinski definition) is 14. The number of aromatic nitrogens is 4. The lowest BCUT2D eigenvalue weighted by molar-refractivity contribution is -0.142. The molecule has 1 heterocycles. The van der Waals surface area contributed by atoms with Crippen LogP contribution in [0.4, 0.5) is 0 Å². The summed E-state index contributed by atoms with van der Waals surface area (Å²) < 4.78 is 24.0. The monoisotopic (exact) mass is 983 g/mol. The van der Waals surface area contributed by atoms with Gasteiger partial charge in [0.2, 0.25) is 23.6 Å². The minimum Gasteiger partial charge on any atom is -0.480 e. The smallest absolute Gasteiger partial charge is 0.326 e. The van der Waals surface area contributed by atoms with Crippen LogP contribution in [0.3, 0.4) is 0 Å². The summed E-state index contributed by atoms with van der Waals surface area (Å²) in [4.78, 5) is 70.8. The molecule has 22 heteroatoms. The van der Waals surface area contributed by atoms with E-state index in [-0.39, 0.29) is 109 Å². The van der Waals surface area contributed by atoms with Crippen molar-refractivity contribution in [2.24, 2.45) is 0 Å². The maximum atomic E-state index is 12.3. The maximum Gasteiger partial charge on any atom is 0.326 e. The van der Waals surface area contributed by atoms with Gasteiger partial charge in [0.25, 0.3) is 0 Å². The lowest BCUT2D eigenvalue weighted by Crippen LogP contribution is -2.41. The Morgan fingerprint density at radius 1 is 0.541 bits per heavy atom. The number of carbonyl (C=O) groups is 6. The van der Waals surface area contributed by atoms with Crippen LogP contribution in [0.15, 0.2) is 0 Å². The Bertz CT molecular complexity index is 1320. The first-order valence-corrected chi connectivity index (χ1v) is 22.6. The van der Waals surface area contributed by atoms with E-state index in [0.717, 1.165) is 37.9 Å². The van der Waals surface area contributed by atoms with Gasteiger partial charge >= 0.3 is 11.9 Å². The number of aromatic amines is 1. The Morgan fingerprint density at radius 3 is 1.57 bits per heavy atom. The summed E-state index contributed by atoms with van der Waals surface area (Å²) >= 11 is 1.81. The Morgan fingerprint density at radius 2 is 1.05 bits per heavy atom. The van der Waals surface area contributed by atoms with Crippen molar-refractivity contribution in [3.63, 3.8) is 0 Å². The second kappa shape index (κ2) is 39.3. The summed E-state index contributed by atoms with van der Waals surface area (Å²) in [5.74, 6) is -2.50. The van der Waals surface area contributed by atoms with Crippen molar-refractivity contribution in [2.75, 3.05) is 72.5 Å². The molecule has 1 aromatic heterocycles. The molecule has 0 bridgehead atoms. The molecule has 0 saturated heterocycles. The number of rotatable bonds is 43. The summed E-state index contributed by atoms with van der Waals surface area (Å²) in [6.07, 6.45) is 16.3. The summed E-state index contributed by atoms with van der Waals surface area (Å²) in [5, 5.41) is 42.9. The number of ether oxygens (including phenoxy) is 4. The molecule has 8 N–H and O–H groups in total. The molecule has 0 unspecified atom stereocenters. The number of carboxylic acids is 2. The van der Waals surface area contributed by atoms with Crippen LogP contribution in [-0.2, 0) is 54.1 Å². The molecule has 1 aromatic rings. The van der Waals surface area contributed by atoms with Gasteiger partial charge in [0.05, 0.1) is 39.6 Å². The normalized spacial score (nSPS) is 12.1. The number of aryl methyl sites for hydroxylation is 1. The van der Waals surface area contributed by atoms with E-state index in [9.17, 15) is 33.9 Å². The third kappa shape index (κ3) is 34.7. The third-order valence-corrected chi connectivity index (χ3v) is 10.0. The second-order valence-corrected chi connectivity index (χ2v) is 15.1. The molecule has 21 nitrogen and oxygen atoms in total. The van der Waals surface area contributed by atoms with E-state index >= 15 is 0 Å². The Balaban J connectivity index is 1.89. The Hall–Kier alpha value is -3.58. The quantitative estimate of drug-likeness (QED) is 0.0264. The zero-order chi connectivity index (χ0) is 44.6. The van der Waals surface area contributed by atoms with E-state index in [1.54, 1.807) is 0 Å². The fourth-order valence-corrected chi connectivity index (χ4v) is 6.42. The lowest BCUT2D eigenvalue weighted by Gasteiger charge is -2.14. The van der Waals surface area contributed by atoms with Crippen LogP contribution in [0.1, 0.15) is 121 Å². The van der Waals surface area contributed by atoms with E-state index in [1.807, 2.05) is 22.9 Å². The molecule has 1 rings (SSSR count). The molecular weight excluding hydrogens is 913 g/mol. The number of carboxylic acid groups (broad SMARTS) is 2. The summed E-state index contributed by atoms with van der Waals surface area (Å²) in [5.41, 5.74) is 0. The number of nitrogens with one attached hydrogen (secondary N) is 6. The van der Waals surface area contributed by atoms with Crippen LogP contribution < -0.4 is 24.8 Å². The van der Waals surface area contributed by atoms with Gasteiger partial charge in [0.15, 0.2) is 0 Å². The summed E-state index contributed by atoms with van der Waals surface area (Å²) in [7, 11) is 0. The van der Waals surface area contributed by atoms with E-state index in [1.165, 1.54) is 44.9 Å². The van der Waals surface area contributed by atoms with Crippen molar-refractivity contribution in [3.8, 4) is 0 Å². The van der Waals surface area contributed by atoms with Gasteiger partial charge in [0.1, 0.15) is 31.1 Å². The highest BCUT2D eigenvalue weighted by Crippen LogP contribution is 2.13. The topological polar surface area (TPSA) is 294 Å². The van der Waals surface area contributed by atoms with Gasteiger partial charge in [0, 0.05) is 61.8 Å². The molecule has 4 amide bonds. The molecule has 0 aromatic carbocycles. The average molecular weight is 984 g/mol. The predicted octanol–water partition coefficient (Wildman–Crippen LogP) is 2.14. The van der Waals surface area contributed by atoms with E-state index in [2.05, 4.69) is 45.4 Å². The van der Waals surface area contributed by atoms with Crippen LogP contribution in [0.5, 0.6) is 0 Å². The lowest BCUT2D eigenvalue weighted by atomic mass is 10.0. The van der Waals surface area contributed by atoms with Gasteiger partial charge in [-0.1, -0.05) is 64.2 Å². The van der Waals surface area contributed by atoms with Crippen molar-refractivity contribution in [1.82, 2.24) is 45.4 Å². The van der Waals surface area contributed by atoms with Crippen molar-refractivity contribution < 1.29 is 57.9 Å². The van der Waals surface area contributed by atoms with Crippen LogP contribution in [0.2, 0.25) is 0 Å². The number of carbonyl (C=O) groups excluding carboxylic acids is 4. The first-order chi connectivity index (χ1) is 29.6. The highest BCUT2D eigenvalue weighted by atomic mass is 127. The van der Waals surface area contributed by atoms with Gasteiger partial charge in [-0.3, -0.25) is 24.0 Å². The zero-order valence-electron chi connectivity index (χ0n) is 35.6. The van der Waals surface area contributed by atoms with Crippen LogP contribution >= 0.6 is 22.9 Å². The number of halogens is 1. The van der Waals surface area contributed by atoms with Crippen molar-refractivity contribution >= 4 is 58.4 Å². The molecule has 0 aliphatic rings. The number of H-pyrrole nitrogens is 1. The number of tetrazole rings is 1. The number of unbranched alkanes of at least 4 members (excludes halogenated alkanes) is 12. The second-order valence-electron chi connectivity index (χ2n) is 14.5. The number of amides is 4. The molecule has 0 saturated carbocycles. The fourth-order valence-electron chi connectivity index (χ4n) is 5.84. The summed E-state index contributed by atoms with van der Waals surface area (Å²) in [6, 6.07) is -1.74. The number of aliphatic carboxylic acids is 2. The third-order valence-electron chi connectivity index (χ3n) is 9.27. The largest absolute Gasteiger partial charge is 0.480 e. The molecule has 0 radical (unpaired) electrons. The number of nitrogens with zero attached hydrogens (tertiary/aromatic N) is 3. The SMILES string of the molecule is O=C(CC[C@H](NC(=O)CCCCCCCCCCCCCCc1nnn[nH]1)C(=O)O)NCCOCCOCC(=O)NCCOCCOCC(=O)NCCCC[C@H](NI)C(=O)O. The van der Waals surface area contributed by atoms with E-state index < -0.39 is 24.0 Å². The molecule has 350 valence electrons. The first kappa shape index (κ1) is 55.4. The highest BCUT2D eigenvalue weighted by Gasteiger charge is 2.21. The van der Waals surface area contributed by atoms with Gasteiger partial charge in [-0.2, -0.15) is 0 Å². The van der Waals surface area contributed by atoms with Gasteiger partial charge in [-0.25, -0.2) is 13.4 Å². The summed E-state index contributed by atoms with van der Waals surface area (Å²) in [6.45, 7) is 1.90. The molecule has 0 aliphatic heterocycles. The van der Waals surface area contributed by atoms with Crippen LogP contribution in [-0.4, -0.2) is 151 Å². The maximum absolute atomic E-state index is 12.3. The molecule has 0 fully saturated rings. The molecular formula is C39H70IN9O12. The van der Waals surface area contributed by atoms with Crippen molar-refractivity contribution in [2.45, 2.75) is 134 Å². The molecule has 2 atom stereocenters. The first-order valence-electron chi connectivity index (χ1n) is 21.6. The standard InChI is InChI=1S/C39H70IN9O12/c40-45-32(39(56)57)15-13-14-20-41-36(52)29-60-27-26-59-24-22-43-37(53)30-61-28-25-58-23-21-42-34(50)19-18-31(38(54)55)44-35(51)17-12-10-8-6-4-2-1-3-5-7-9-11-16-33-46-48-49-47-33/h31-32,45H,1-30H2,(H,41,52)(H,42,50)(H,43,53)(H,44,51)(H,54,55)(H,56,57)(H,46,47,48,49)/t31-,32-/m0/s1. The van der Waals surface area contributed by atoms with E-state index in [0.29, 0.717) is 32.2 Å². The minimum atomic E-state index is -1.18. The zero-order valence-corrected chi connectivity index (χ0v) is 37.7. The van der Waals surface area contributed by atoms with Crippen LogP contribution in [0, 0.1) is 0 Å². The van der Waals surface area contributed by atoms with E-state index in [4.69, 9.17) is 24.1 Å². The van der Waals surface area contributed by atoms with Crippen molar-refractivity contribution in [3.05, 3.63) is 5.82 Å². The fraction of sp³-hybridized carbons (Fsp3) is 0.821. The highest BCUT2D eigenvalue weighted by molar-refractivity contribution is 14.1. The van der Waals surface area contributed by atoms with Gasteiger partial charge < -0.3 is 50.4 Å². The molecule has 0 spiro atoms.